The van der Waals surface area contributed by atoms with Gasteiger partial charge in [-0.15, -0.1) is 0 Å². The third-order valence-corrected chi connectivity index (χ3v) is 5.60. The van der Waals surface area contributed by atoms with Crippen molar-refractivity contribution in [2.45, 2.75) is 30.1 Å². The molecule has 192 valence electrons. The SMILES string of the molecule is Fc1ccc(C2CO2)cc1.OC(c1ccccc1)(C1CO1)C(F)(F)F.c1ccc(OCC2CO2)cc1. The summed E-state index contributed by atoms with van der Waals surface area (Å²) < 4.78 is 70.6. The van der Waals surface area contributed by atoms with Crippen LogP contribution in [0.1, 0.15) is 17.2 Å². The molecule has 3 heterocycles. The van der Waals surface area contributed by atoms with Crippen LogP contribution in [0.2, 0.25) is 0 Å². The third-order valence-electron chi connectivity index (χ3n) is 5.60. The minimum atomic E-state index is -4.73. The van der Waals surface area contributed by atoms with E-state index in [9.17, 15) is 22.7 Å². The van der Waals surface area contributed by atoms with Gasteiger partial charge in [-0.3, -0.25) is 0 Å². The van der Waals surface area contributed by atoms with Gasteiger partial charge in [0.15, 0.2) is 0 Å². The van der Waals surface area contributed by atoms with Crippen molar-refractivity contribution in [3.8, 4) is 5.75 Å². The van der Waals surface area contributed by atoms with Gasteiger partial charge in [0.05, 0.1) is 19.8 Å². The Morgan fingerprint density at radius 3 is 1.81 bits per heavy atom. The molecule has 0 bridgehead atoms. The van der Waals surface area contributed by atoms with Gasteiger partial charge in [-0.25, -0.2) is 4.39 Å². The van der Waals surface area contributed by atoms with Gasteiger partial charge < -0.3 is 24.1 Å². The van der Waals surface area contributed by atoms with Crippen LogP contribution in [-0.4, -0.2) is 49.9 Å². The van der Waals surface area contributed by atoms with E-state index in [-0.39, 0.29) is 24.1 Å². The summed E-state index contributed by atoms with van der Waals surface area (Å²) in [5, 5.41) is 9.71. The van der Waals surface area contributed by atoms with Gasteiger partial charge in [0, 0.05) is 0 Å². The van der Waals surface area contributed by atoms with Crippen molar-refractivity contribution in [3.05, 3.63) is 102 Å². The maximum atomic E-state index is 12.8. The molecule has 3 saturated heterocycles. The van der Waals surface area contributed by atoms with Gasteiger partial charge in [0.2, 0.25) is 5.60 Å². The zero-order valence-electron chi connectivity index (χ0n) is 19.2. The summed E-state index contributed by atoms with van der Waals surface area (Å²) in [5.41, 5.74) is -1.99. The topological polar surface area (TPSA) is 67.0 Å². The molecule has 0 radical (unpaired) electrons. The van der Waals surface area contributed by atoms with Crippen LogP contribution in [0.5, 0.6) is 5.75 Å². The smallest absolute Gasteiger partial charge is 0.424 e. The number of hydrogen-bond acceptors (Lipinski definition) is 5. The number of halogens is 4. The van der Waals surface area contributed by atoms with Crippen molar-refractivity contribution in [1.82, 2.24) is 0 Å². The lowest BCUT2D eigenvalue weighted by molar-refractivity contribution is -0.273. The molecular formula is C27H26F4O5. The monoisotopic (exact) mass is 506 g/mol. The Balaban J connectivity index is 0.000000130. The number of alkyl halides is 3. The number of rotatable bonds is 6. The summed E-state index contributed by atoms with van der Waals surface area (Å²) in [7, 11) is 0. The first kappa shape index (κ1) is 26.1. The first-order chi connectivity index (χ1) is 17.3. The molecule has 36 heavy (non-hydrogen) atoms. The van der Waals surface area contributed by atoms with E-state index in [0.29, 0.717) is 12.7 Å². The standard InChI is InChI=1S/C10H9F3O2.C9H10O2.C8H7FO/c11-10(12,13)9(14,8-6-15-8)7-4-2-1-3-5-7;1-2-4-8(5-3-1)10-6-9-7-11-9;9-7-3-1-6(2-4-7)8-5-10-8/h1-5,8,14H,6H2;1-5,9H,6-7H2;1-4,8H,5H2. The predicted octanol–water partition coefficient (Wildman–Crippen LogP) is 5.20. The molecule has 9 heteroatoms. The van der Waals surface area contributed by atoms with Crippen LogP contribution in [0.4, 0.5) is 17.6 Å². The van der Waals surface area contributed by atoms with Gasteiger partial charge in [0.25, 0.3) is 0 Å². The summed E-state index contributed by atoms with van der Waals surface area (Å²) >= 11 is 0. The minimum Gasteiger partial charge on any atom is -0.491 e. The molecule has 4 unspecified atom stereocenters. The van der Waals surface area contributed by atoms with Crippen LogP contribution < -0.4 is 4.74 Å². The highest BCUT2D eigenvalue weighted by atomic mass is 19.4. The number of aliphatic hydroxyl groups is 1. The third kappa shape index (κ3) is 7.27. The number of epoxide rings is 3. The molecule has 3 aliphatic rings. The Morgan fingerprint density at radius 1 is 0.778 bits per heavy atom. The minimum absolute atomic E-state index is 0.0646. The lowest BCUT2D eigenvalue weighted by Crippen LogP contribution is -2.47. The summed E-state index contributed by atoms with van der Waals surface area (Å²) in [6, 6.07) is 23.2. The summed E-state index contributed by atoms with van der Waals surface area (Å²) in [4.78, 5) is 0. The molecule has 1 N–H and O–H groups in total. The van der Waals surface area contributed by atoms with E-state index in [0.717, 1.165) is 24.5 Å². The van der Waals surface area contributed by atoms with E-state index in [1.165, 1.54) is 36.4 Å². The Morgan fingerprint density at radius 2 is 1.33 bits per heavy atom. The normalized spacial score (nSPS) is 23.1. The Hall–Kier alpha value is -2.98. The maximum absolute atomic E-state index is 12.8. The summed E-state index contributed by atoms with van der Waals surface area (Å²) in [6.45, 7) is 2.26. The largest absolute Gasteiger partial charge is 0.491 e. The Kier molecular flexibility index (Phi) is 8.25. The van der Waals surface area contributed by atoms with Crippen molar-refractivity contribution in [2.75, 3.05) is 26.4 Å². The Labute approximate surface area is 206 Å². The maximum Gasteiger partial charge on any atom is 0.424 e. The fraction of sp³-hybridized carbons (Fsp3) is 0.333. The lowest BCUT2D eigenvalue weighted by Gasteiger charge is -2.29. The van der Waals surface area contributed by atoms with Gasteiger partial charge in [0.1, 0.15) is 36.5 Å². The molecule has 0 amide bonds. The first-order valence-electron chi connectivity index (χ1n) is 11.4. The Bertz CT molecular complexity index is 1070. The fourth-order valence-electron chi connectivity index (χ4n) is 3.30. The van der Waals surface area contributed by atoms with E-state index in [2.05, 4.69) is 4.74 Å². The molecule has 6 rings (SSSR count). The van der Waals surface area contributed by atoms with Gasteiger partial charge >= 0.3 is 6.18 Å². The molecule has 0 saturated carbocycles. The second kappa shape index (κ2) is 11.4. The first-order valence-corrected chi connectivity index (χ1v) is 11.4. The highest BCUT2D eigenvalue weighted by molar-refractivity contribution is 5.27. The summed E-state index contributed by atoms with van der Waals surface area (Å²) in [6.07, 6.45) is -5.33. The average Bonchev–Trinajstić information content (AvgIpc) is 3.73. The lowest BCUT2D eigenvalue weighted by atomic mass is 9.90. The van der Waals surface area contributed by atoms with Crippen LogP contribution in [0.3, 0.4) is 0 Å². The van der Waals surface area contributed by atoms with Crippen LogP contribution in [0.15, 0.2) is 84.9 Å². The summed E-state index contributed by atoms with van der Waals surface area (Å²) in [5.74, 6) is 0.729. The van der Waals surface area contributed by atoms with Crippen molar-refractivity contribution in [1.29, 1.82) is 0 Å². The average molecular weight is 506 g/mol. The van der Waals surface area contributed by atoms with E-state index >= 15 is 0 Å². The number of benzene rings is 3. The van der Waals surface area contributed by atoms with Crippen LogP contribution in [0, 0.1) is 5.82 Å². The van der Waals surface area contributed by atoms with Gasteiger partial charge in [-0.1, -0.05) is 60.7 Å². The molecule has 0 aliphatic carbocycles. The molecule has 3 aromatic carbocycles. The van der Waals surface area contributed by atoms with Crippen LogP contribution >= 0.6 is 0 Å². The number of ether oxygens (including phenoxy) is 4. The van der Waals surface area contributed by atoms with Crippen molar-refractivity contribution >= 4 is 0 Å². The zero-order valence-corrected chi connectivity index (χ0v) is 19.2. The molecule has 5 nitrogen and oxygen atoms in total. The molecule has 3 fully saturated rings. The molecular weight excluding hydrogens is 480 g/mol. The molecule has 0 spiro atoms. The van der Waals surface area contributed by atoms with E-state index in [4.69, 9.17) is 14.2 Å². The van der Waals surface area contributed by atoms with Gasteiger partial charge in [-0.2, -0.15) is 13.2 Å². The predicted molar refractivity (Wildman–Crippen MR) is 123 cm³/mol. The van der Waals surface area contributed by atoms with Crippen molar-refractivity contribution in [3.63, 3.8) is 0 Å². The second-order valence-corrected chi connectivity index (χ2v) is 8.41. The van der Waals surface area contributed by atoms with Crippen molar-refractivity contribution < 1.29 is 41.6 Å². The highest BCUT2D eigenvalue weighted by Gasteiger charge is 2.64. The van der Waals surface area contributed by atoms with E-state index in [1.807, 2.05) is 30.3 Å². The molecule has 0 aromatic heterocycles. The van der Waals surface area contributed by atoms with Crippen molar-refractivity contribution in [2.24, 2.45) is 0 Å². The van der Waals surface area contributed by atoms with E-state index < -0.39 is 17.9 Å². The number of hydrogen-bond donors (Lipinski definition) is 1. The van der Waals surface area contributed by atoms with E-state index in [1.54, 1.807) is 18.2 Å². The molecule has 4 atom stereocenters. The second-order valence-electron chi connectivity index (χ2n) is 8.41. The van der Waals surface area contributed by atoms with Crippen LogP contribution in [-0.2, 0) is 19.8 Å². The van der Waals surface area contributed by atoms with Crippen LogP contribution in [0.25, 0.3) is 0 Å². The molecule has 3 aromatic rings. The van der Waals surface area contributed by atoms with Gasteiger partial charge in [-0.05, 0) is 35.4 Å². The zero-order chi connectivity index (χ0) is 25.6. The quantitative estimate of drug-likeness (QED) is 0.368. The number of para-hydroxylation sites is 1. The highest BCUT2D eigenvalue weighted by Crippen LogP contribution is 2.46. The fourth-order valence-corrected chi connectivity index (χ4v) is 3.30. The molecule has 3 aliphatic heterocycles.